The van der Waals surface area contributed by atoms with E-state index >= 15 is 0 Å². The van der Waals surface area contributed by atoms with Crippen molar-refractivity contribution in [1.82, 2.24) is 29.8 Å². The number of hydrogen-bond acceptors (Lipinski definition) is 6. The summed E-state index contributed by atoms with van der Waals surface area (Å²) < 4.78 is 0. The predicted octanol–water partition coefficient (Wildman–Crippen LogP) is 4.07. The number of hydrogen-bond donors (Lipinski definition) is 1. The molecule has 0 aromatic heterocycles. The normalized spacial score (nSPS) is 19.7. The molecule has 3 rings (SSSR count). The van der Waals surface area contributed by atoms with E-state index in [1.807, 2.05) is 0 Å². The summed E-state index contributed by atoms with van der Waals surface area (Å²) in [6, 6.07) is 0.838. The van der Waals surface area contributed by atoms with E-state index in [4.69, 9.17) is 0 Å². The standard InChI is InChI=1S/C31H64N6/c1-33(20-10-13-30-15-16-30)17-4-7-23-36(24-8-5-18-34(2)21-11-14-31-29-32-31)25-9-6-19-35(3)22-12-26-37-27-28-37/h30-32H,4-29H2,1-3H3. The lowest BCUT2D eigenvalue weighted by Crippen LogP contribution is -2.30. The van der Waals surface area contributed by atoms with Crippen molar-refractivity contribution in [1.29, 1.82) is 0 Å². The van der Waals surface area contributed by atoms with Gasteiger partial charge in [0.15, 0.2) is 0 Å². The zero-order chi connectivity index (χ0) is 26.1. The fourth-order valence-electron chi connectivity index (χ4n) is 5.63. The minimum atomic E-state index is 0.838. The molecule has 0 radical (unpaired) electrons. The van der Waals surface area contributed by atoms with Crippen LogP contribution in [-0.4, -0.2) is 137 Å². The van der Waals surface area contributed by atoms with Gasteiger partial charge in [-0.1, -0.05) is 12.8 Å². The molecule has 1 aliphatic carbocycles. The molecule has 1 N–H and O–H groups in total. The third kappa shape index (κ3) is 17.9. The third-order valence-electron chi connectivity index (χ3n) is 8.78. The second-order valence-corrected chi connectivity index (χ2v) is 12.9. The lowest BCUT2D eigenvalue weighted by molar-refractivity contribution is 0.232. The van der Waals surface area contributed by atoms with E-state index in [-0.39, 0.29) is 0 Å². The van der Waals surface area contributed by atoms with Gasteiger partial charge in [0.2, 0.25) is 0 Å². The molecular formula is C31H64N6. The monoisotopic (exact) mass is 521 g/mol. The van der Waals surface area contributed by atoms with E-state index in [9.17, 15) is 0 Å². The van der Waals surface area contributed by atoms with Crippen molar-refractivity contribution in [3.63, 3.8) is 0 Å². The molecule has 3 fully saturated rings. The fraction of sp³-hybridized carbons (Fsp3) is 1.00. The average Bonchev–Trinajstić information content (AvgIpc) is 3.72. The van der Waals surface area contributed by atoms with Crippen LogP contribution in [0, 0.1) is 5.92 Å². The smallest absolute Gasteiger partial charge is 0.0193 e. The Hall–Kier alpha value is -0.240. The Morgan fingerprint density at radius 2 is 1.00 bits per heavy atom. The fourth-order valence-corrected chi connectivity index (χ4v) is 5.63. The molecule has 0 amide bonds. The van der Waals surface area contributed by atoms with Crippen LogP contribution in [0.4, 0.5) is 0 Å². The molecule has 6 nitrogen and oxygen atoms in total. The number of nitrogens with one attached hydrogen (secondary N) is 1. The van der Waals surface area contributed by atoms with Crippen molar-refractivity contribution in [3.8, 4) is 0 Å². The Morgan fingerprint density at radius 1 is 0.568 bits per heavy atom. The molecule has 37 heavy (non-hydrogen) atoms. The predicted molar refractivity (Wildman–Crippen MR) is 161 cm³/mol. The highest BCUT2D eigenvalue weighted by Crippen LogP contribution is 2.33. The first-order valence-corrected chi connectivity index (χ1v) is 16.3. The molecule has 218 valence electrons. The summed E-state index contributed by atoms with van der Waals surface area (Å²) in [4.78, 5) is 13.0. The molecule has 0 bridgehead atoms. The quantitative estimate of drug-likeness (QED) is 0.130. The first-order chi connectivity index (χ1) is 18.1. The molecule has 2 aliphatic heterocycles. The van der Waals surface area contributed by atoms with Crippen molar-refractivity contribution in [2.75, 3.05) is 106 Å². The van der Waals surface area contributed by atoms with Crippen LogP contribution in [0.5, 0.6) is 0 Å². The highest BCUT2D eigenvalue weighted by molar-refractivity contribution is 4.82. The van der Waals surface area contributed by atoms with Crippen LogP contribution in [0.2, 0.25) is 0 Å². The lowest BCUT2D eigenvalue weighted by atomic mass is 10.2. The maximum absolute atomic E-state index is 3.43. The molecular weight excluding hydrogens is 456 g/mol. The molecule has 0 aromatic carbocycles. The first-order valence-electron chi connectivity index (χ1n) is 16.3. The molecule has 2 saturated heterocycles. The molecule has 6 heteroatoms. The summed E-state index contributed by atoms with van der Waals surface area (Å²) in [6.45, 7) is 16.8. The summed E-state index contributed by atoms with van der Waals surface area (Å²) in [5.74, 6) is 1.09. The lowest BCUT2D eigenvalue weighted by Gasteiger charge is -2.24. The average molecular weight is 521 g/mol. The van der Waals surface area contributed by atoms with Gasteiger partial charge in [0.05, 0.1) is 0 Å². The number of rotatable bonds is 27. The minimum absolute atomic E-state index is 0.838. The minimum Gasteiger partial charge on any atom is -0.311 e. The van der Waals surface area contributed by atoms with E-state index in [2.05, 4.69) is 51.0 Å². The van der Waals surface area contributed by atoms with Gasteiger partial charge < -0.3 is 29.8 Å². The highest BCUT2D eigenvalue weighted by atomic mass is 15.3. The Kier molecular flexibility index (Phi) is 16.0. The Balaban J connectivity index is 1.22. The van der Waals surface area contributed by atoms with Crippen molar-refractivity contribution < 1.29 is 0 Å². The Morgan fingerprint density at radius 3 is 1.46 bits per heavy atom. The van der Waals surface area contributed by atoms with Crippen LogP contribution in [-0.2, 0) is 0 Å². The SMILES string of the molecule is CN(CCCCN(CCCCN(C)CCCC1CN1)CCCCN(C)CCCN1CC1)CCCC1CC1. The molecule has 0 spiro atoms. The Bertz CT molecular complexity index is 472. The van der Waals surface area contributed by atoms with Crippen LogP contribution in [0.1, 0.15) is 83.5 Å². The molecule has 2 heterocycles. The zero-order valence-corrected chi connectivity index (χ0v) is 25.3. The summed E-state index contributed by atoms with van der Waals surface area (Å²) in [6.07, 6.45) is 18.0. The molecule has 1 unspecified atom stereocenters. The van der Waals surface area contributed by atoms with E-state index in [1.165, 1.54) is 169 Å². The van der Waals surface area contributed by atoms with Gasteiger partial charge in [-0.3, -0.25) is 0 Å². The van der Waals surface area contributed by atoms with Gasteiger partial charge in [-0.25, -0.2) is 0 Å². The van der Waals surface area contributed by atoms with Crippen molar-refractivity contribution in [3.05, 3.63) is 0 Å². The van der Waals surface area contributed by atoms with Crippen LogP contribution < -0.4 is 5.32 Å². The second kappa shape index (κ2) is 18.9. The largest absolute Gasteiger partial charge is 0.311 e. The van der Waals surface area contributed by atoms with Gasteiger partial charge in [0, 0.05) is 25.7 Å². The van der Waals surface area contributed by atoms with Gasteiger partial charge in [0.25, 0.3) is 0 Å². The van der Waals surface area contributed by atoms with Crippen LogP contribution >= 0.6 is 0 Å². The van der Waals surface area contributed by atoms with Crippen LogP contribution in [0.15, 0.2) is 0 Å². The van der Waals surface area contributed by atoms with Gasteiger partial charge >= 0.3 is 0 Å². The van der Waals surface area contributed by atoms with E-state index in [0.717, 1.165) is 12.0 Å². The maximum atomic E-state index is 3.43. The van der Waals surface area contributed by atoms with E-state index in [1.54, 1.807) is 0 Å². The van der Waals surface area contributed by atoms with Gasteiger partial charge in [-0.15, -0.1) is 0 Å². The molecule has 0 aromatic rings. The summed E-state index contributed by atoms with van der Waals surface area (Å²) >= 11 is 0. The highest BCUT2D eigenvalue weighted by Gasteiger charge is 2.20. The van der Waals surface area contributed by atoms with Gasteiger partial charge in [-0.2, -0.15) is 0 Å². The van der Waals surface area contributed by atoms with Crippen molar-refractivity contribution in [2.24, 2.45) is 5.92 Å². The van der Waals surface area contributed by atoms with Gasteiger partial charge in [-0.05, 0) is 163 Å². The Labute approximate surface area is 231 Å². The molecule has 1 saturated carbocycles. The van der Waals surface area contributed by atoms with Crippen molar-refractivity contribution in [2.45, 2.75) is 89.5 Å². The summed E-state index contributed by atoms with van der Waals surface area (Å²) in [5, 5.41) is 3.43. The molecule has 3 aliphatic rings. The summed E-state index contributed by atoms with van der Waals surface area (Å²) in [5.41, 5.74) is 0. The zero-order valence-electron chi connectivity index (χ0n) is 25.3. The second-order valence-electron chi connectivity index (χ2n) is 12.9. The number of nitrogens with zero attached hydrogens (tertiary/aromatic N) is 5. The molecule has 1 atom stereocenters. The van der Waals surface area contributed by atoms with Crippen molar-refractivity contribution >= 4 is 0 Å². The first kappa shape index (κ1) is 31.3. The number of unbranched alkanes of at least 4 members (excludes halogenated alkanes) is 3. The van der Waals surface area contributed by atoms with Gasteiger partial charge in [0.1, 0.15) is 0 Å². The third-order valence-corrected chi connectivity index (χ3v) is 8.78. The van der Waals surface area contributed by atoms with E-state index in [0.29, 0.717) is 0 Å². The summed E-state index contributed by atoms with van der Waals surface area (Å²) in [7, 11) is 6.97. The topological polar surface area (TPSA) is 37.9 Å². The van der Waals surface area contributed by atoms with Crippen LogP contribution in [0.25, 0.3) is 0 Å². The van der Waals surface area contributed by atoms with E-state index < -0.39 is 0 Å². The van der Waals surface area contributed by atoms with Crippen LogP contribution in [0.3, 0.4) is 0 Å². The maximum Gasteiger partial charge on any atom is 0.0193 e.